The number of rotatable bonds is 5. The third-order valence-electron chi connectivity index (χ3n) is 3.93. The highest BCUT2D eigenvalue weighted by molar-refractivity contribution is 5.52. The lowest BCUT2D eigenvalue weighted by Gasteiger charge is -2.26. The van der Waals surface area contributed by atoms with Crippen molar-refractivity contribution in [3.05, 3.63) is 59.3 Å². The van der Waals surface area contributed by atoms with Crippen LogP contribution in [-0.2, 0) is 13.1 Å². The summed E-state index contributed by atoms with van der Waals surface area (Å²) in [6, 6.07) is 13.2. The van der Waals surface area contributed by atoms with Crippen LogP contribution in [0.1, 0.15) is 29.5 Å². The summed E-state index contributed by atoms with van der Waals surface area (Å²) in [5.74, 6) is 1.07. The van der Waals surface area contributed by atoms with Crippen molar-refractivity contribution >= 4 is 5.82 Å². The molecule has 2 aromatic rings. The lowest BCUT2D eigenvalue weighted by molar-refractivity contribution is 0.766. The molecule has 0 radical (unpaired) electrons. The number of anilines is 1. The van der Waals surface area contributed by atoms with Crippen LogP contribution < -0.4 is 10.6 Å². The molecule has 1 saturated carbocycles. The second kappa shape index (κ2) is 5.63. The fourth-order valence-corrected chi connectivity index (χ4v) is 2.62. The molecule has 0 saturated heterocycles. The smallest absolute Gasteiger partial charge is 0.133 e. The topological polar surface area (TPSA) is 42.2 Å². The molecule has 2 N–H and O–H groups in total. The third-order valence-corrected chi connectivity index (χ3v) is 3.93. The maximum atomic E-state index is 5.94. The number of nitrogens with two attached hydrogens (primary N) is 1. The quantitative estimate of drug-likeness (QED) is 0.905. The first-order valence-corrected chi connectivity index (χ1v) is 7.24. The van der Waals surface area contributed by atoms with Gasteiger partial charge in [-0.15, -0.1) is 0 Å². The van der Waals surface area contributed by atoms with E-state index in [0.29, 0.717) is 12.6 Å². The molecule has 0 amide bonds. The first-order chi connectivity index (χ1) is 9.79. The fraction of sp³-hybridized carbons (Fsp3) is 0.353. The molecule has 1 aliphatic rings. The Morgan fingerprint density at radius 1 is 1.20 bits per heavy atom. The summed E-state index contributed by atoms with van der Waals surface area (Å²) in [6.45, 7) is 3.57. The van der Waals surface area contributed by atoms with Crippen LogP contribution in [0.3, 0.4) is 0 Å². The number of pyridine rings is 1. The van der Waals surface area contributed by atoms with Crippen molar-refractivity contribution in [1.29, 1.82) is 0 Å². The minimum atomic E-state index is 0.549. The van der Waals surface area contributed by atoms with Gasteiger partial charge in [-0.25, -0.2) is 4.98 Å². The van der Waals surface area contributed by atoms with Crippen LogP contribution in [0.15, 0.2) is 42.6 Å². The van der Waals surface area contributed by atoms with Crippen molar-refractivity contribution in [3.8, 4) is 0 Å². The van der Waals surface area contributed by atoms with E-state index in [9.17, 15) is 0 Å². The van der Waals surface area contributed by atoms with Crippen molar-refractivity contribution in [1.82, 2.24) is 4.98 Å². The lowest BCUT2D eigenvalue weighted by atomic mass is 10.1. The van der Waals surface area contributed by atoms with E-state index < -0.39 is 0 Å². The van der Waals surface area contributed by atoms with E-state index in [-0.39, 0.29) is 0 Å². The normalized spacial score (nSPS) is 14.3. The summed E-state index contributed by atoms with van der Waals surface area (Å²) < 4.78 is 0. The molecule has 0 atom stereocenters. The zero-order valence-electron chi connectivity index (χ0n) is 11.9. The Balaban J connectivity index is 1.93. The number of hydrogen-bond acceptors (Lipinski definition) is 3. The standard InChI is InChI=1S/C17H21N3/c1-13-9-10-19-17(16(13)11-18)20(15-7-8-15)12-14-5-3-2-4-6-14/h2-6,9-10,15H,7-8,11-12,18H2,1H3. The van der Waals surface area contributed by atoms with Crippen LogP contribution in [-0.4, -0.2) is 11.0 Å². The van der Waals surface area contributed by atoms with Gasteiger partial charge in [-0.3, -0.25) is 0 Å². The van der Waals surface area contributed by atoms with Crippen LogP contribution in [0.4, 0.5) is 5.82 Å². The van der Waals surface area contributed by atoms with Crippen LogP contribution in [0.5, 0.6) is 0 Å². The van der Waals surface area contributed by atoms with Gasteiger partial charge in [0.2, 0.25) is 0 Å². The van der Waals surface area contributed by atoms with E-state index in [1.165, 1.54) is 29.5 Å². The van der Waals surface area contributed by atoms with Crippen LogP contribution in [0.25, 0.3) is 0 Å². The summed E-state index contributed by atoms with van der Waals surface area (Å²) in [5.41, 5.74) is 9.67. The summed E-state index contributed by atoms with van der Waals surface area (Å²) >= 11 is 0. The van der Waals surface area contributed by atoms with Gasteiger partial charge >= 0.3 is 0 Å². The molecule has 1 aliphatic carbocycles. The first kappa shape index (κ1) is 13.1. The molecule has 3 heteroatoms. The fourth-order valence-electron chi connectivity index (χ4n) is 2.62. The Morgan fingerprint density at radius 2 is 1.95 bits per heavy atom. The van der Waals surface area contributed by atoms with Crippen molar-refractivity contribution in [3.63, 3.8) is 0 Å². The van der Waals surface area contributed by atoms with E-state index in [4.69, 9.17) is 5.73 Å². The maximum absolute atomic E-state index is 5.94. The molecule has 1 aromatic heterocycles. The van der Waals surface area contributed by atoms with Gasteiger partial charge in [0.25, 0.3) is 0 Å². The predicted molar refractivity (Wildman–Crippen MR) is 82.5 cm³/mol. The summed E-state index contributed by atoms with van der Waals surface area (Å²) in [5, 5.41) is 0. The van der Waals surface area contributed by atoms with Crippen molar-refractivity contribution in [2.24, 2.45) is 5.73 Å². The largest absolute Gasteiger partial charge is 0.349 e. The molecule has 20 heavy (non-hydrogen) atoms. The Morgan fingerprint density at radius 3 is 2.60 bits per heavy atom. The van der Waals surface area contributed by atoms with Gasteiger partial charge in [-0.1, -0.05) is 30.3 Å². The van der Waals surface area contributed by atoms with Crippen molar-refractivity contribution in [2.45, 2.75) is 38.9 Å². The minimum absolute atomic E-state index is 0.549. The van der Waals surface area contributed by atoms with Crippen LogP contribution in [0, 0.1) is 6.92 Å². The highest BCUT2D eigenvalue weighted by atomic mass is 15.2. The molecule has 0 bridgehead atoms. The van der Waals surface area contributed by atoms with Crippen LogP contribution in [0.2, 0.25) is 0 Å². The SMILES string of the molecule is Cc1ccnc(N(Cc2ccccc2)C2CC2)c1CN. The number of aryl methyl sites for hydroxylation is 1. The molecular formula is C17H21N3. The number of nitrogens with zero attached hydrogens (tertiary/aromatic N) is 2. The molecule has 1 aromatic carbocycles. The molecule has 0 aliphatic heterocycles. The Kier molecular flexibility index (Phi) is 3.70. The zero-order chi connectivity index (χ0) is 13.9. The molecule has 3 rings (SSSR count). The van der Waals surface area contributed by atoms with Gasteiger partial charge in [0.1, 0.15) is 5.82 Å². The van der Waals surface area contributed by atoms with E-state index in [1.54, 1.807) is 0 Å². The van der Waals surface area contributed by atoms with Gasteiger partial charge in [-0.2, -0.15) is 0 Å². The number of aromatic nitrogens is 1. The maximum Gasteiger partial charge on any atom is 0.133 e. The van der Waals surface area contributed by atoms with E-state index in [1.807, 2.05) is 12.3 Å². The van der Waals surface area contributed by atoms with E-state index in [2.05, 4.69) is 47.1 Å². The molecule has 3 nitrogen and oxygen atoms in total. The highest BCUT2D eigenvalue weighted by Crippen LogP contribution is 2.34. The Hall–Kier alpha value is -1.87. The van der Waals surface area contributed by atoms with Gasteiger partial charge < -0.3 is 10.6 Å². The van der Waals surface area contributed by atoms with Gasteiger partial charge in [0, 0.05) is 30.9 Å². The minimum Gasteiger partial charge on any atom is -0.349 e. The highest BCUT2D eigenvalue weighted by Gasteiger charge is 2.31. The van der Waals surface area contributed by atoms with Crippen LogP contribution >= 0.6 is 0 Å². The van der Waals surface area contributed by atoms with Gasteiger partial charge in [0.05, 0.1) is 0 Å². The number of benzene rings is 1. The summed E-state index contributed by atoms with van der Waals surface area (Å²) in [7, 11) is 0. The van der Waals surface area contributed by atoms with Crippen molar-refractivity contribution in [2.75, 3.05) is 4.90 Å². The number of hydrogen-bond donors (Lipinski definition) is 1. The molecule has 104 valence electrons. The molecule has 1 fully saturated rings. The average Bonchev–Trinajstić information content (AvgIpc) is 3.30. The third kappa shape index (κ3) is 2.68. The Labute approximate surface area is 120 Å². The molecule has 1 heterocycles. The summed E-state index contributed by atoms with van der Waals surface area (Å²) in [4.78, 5) is 7.04. The first-order valence-electron chi connectivity index (χ1n) is 7.24. The monoisotopic (exact) mass is 267 g/mol. The second-order valence-corrected chi connectivity index (χ2v) is 5.48. The van der Waals surface area contributed by atoms with E-state index in [0.717, 1.165) is 12.4 Å². The summed E-state index contributed by atoms with van der Waals surface area (Å²) in [6.07, 6.45) is 4.41. The van der Waals surface area contributed by atoms with Gasteiger partial charge in [-0.05, 0) is 37.0 Å². The molecule has 0 spiro atoms. The average molecular weight is 267 g/mol. The van der Waals surface area contributed by atoms with Gasteiger partial charge in [0.15, 0.2) is 0 Å². The molecular weight excluding hydrogens is 246 g/mol. The second-order valence-electron chi connectivity index (χ2n) is 5.48. The predicted octanol–water partition coefficient (Wildman–Crippen LogP) is 3.02. The van der Waals surface area contributed by atoms with Crippen molar-refractivity contribution < 1.29 is 0 Å². The zero-order valence-corrected chi connectivity index (χ0v) is 11.9. The lowest BCUT2D eigenvalue weighted by Crippen LogP contribution is -2.28. The van der Waals surface area contributed by atoms with E-state index >= 15 is 0 Å². The molecule has 0 unspecified atom stereocenters. The Bertz CT molecular complexity index is 576.